The summed E-state index contributed by atoms with van der Waals surface area (Å²) in [6.07, 6.45) is 4.50. The van der Waals surface area contributed by atoms with Gasteiger partial charge in [0.2, 0.25) is 0 Å². The molecule has 0 N–H and O–H groups in total. The third-order valence-electron chi connectivity index (χ3n) is 1.19. The Hall–Kier alpha value is 0.780. The second-order valence-corrected chi connectivity index (χ2v) is 3.94. The van der Waals surface area contributed by atoms with E-state index in [2.05, 4.69) is 39.0 Å². The van der Waals surface area contributed by atoms with Crippen molar-refractivity contribution in [2.75, 3.05) is 13.1 Å². The lowest BCUT2D eigenvalue weighted by Crippen LogP contribution is -2.14. The van der Waals surface area contributed by atoms with Gasteiger partial charge in [0.1, 0.15) is 0 Å². The van der Waals surface area contributed by atoms with Crippen LogP contribution < -0.4 is 0 Å². The van der Waals surface area contributed by atoms with Crippen LogP contribution in [-0.2, 0) is 0 Å². The molecule has 0 aromatic heterocycles. The largest absolute Gasteiger partial charge is 0.238 e. The zero-order valence-electron chi connectivity index (χ0n) is 6.35. The molecule has 0 aromatic rings. The first-order chi connectivity index (χ1) is 4.85. The predicted octanol–water partition coefficient (Wildman–Crippen LogP) is 3.27. The first kappa shape index (κ1) is 10.8. The molecule has 0 atom stereocenters. The first-order valence-electron chi connectivity index (χ1n) is 3.49. The Morgan fingerprint density at radius 1 is 1.70 bits per heavy atom. The second kappa shape index (κ2) is 7.88. The van der Waals surface area contributed by atoms with E-state index in [4.69, 9.17) is 0 Å². The van der Waals surface area contributed by atoms with Crippen LogP contribution >= 0.6 is 30.3 Å². The van der Waals surface area contributed by atoms with Crippen LogP contribution in [0.3, 0.4) is 0 Å². The molecule has 0 saturated heterocycles. The maximum Gasteiger partial charge on any atom is 0.0275 e. The highest BCUT2D eigenvalue weighted by Crippen LogP contribution is 2.18. The molecule has 0 bridgehead atoms. The van der Waals surface area contributed by atoms with Crippen molar-refractivity contribution in [1.82, 2.24) is 4.31 Å². The lowest BCUT2D eigenvalue weighted by atomic mass is 10.3. The van der Waals surface area contributed by atoms with Crippen molar-refractivity contribution in [3.63, 3.8) is 0 Å². The van der Waals surface area contributed by atoms with Gasteiger partial charge in [0.05, 0.1) is 0 Å². The van der Waals surface area contributed by atoms with E-state index in [0.717, 1.165) is 6.54 Å². The monoisotopic (exact) mass is 271 g/mol. The molecule has 0 amide bonds. The summed E-state index contributed by atoms with van der Waals surface area (Å²) >= 11 is 2.31. The molecule has 0 fully saturated rings. The normalized spacial score (nSPS) is 10.3. The van der Waals surface area contributed by atoms with E-state index in [0.29, 0.717) is 0 Å². The minimum atomic E-state index is 0.994. The van der Waals surface area contributed by atoms with Gasteiger partial charge in [-0.25, -0.2) is 4.31 Å². The Labute approximate surface area is 80.0 Å². The highest BCUT2D eigenvalue weighted by molar-refractivity contribution is 14.2. The molecule has 0 heterocycles. The smallest absolute Gasteiger partial charge is 0.0275 e. The Kier molecular flexibility index (Phi) is 8.50. The van der Waals surface area contributed by atoms with Gasteiger partial charge in [0, 0.05) is 34.3 Å². The van der Waals surface area contributed by atoms with Crippen LogP contribution in [0.5, 0.6) is 0 Å². The number of unbranched alkanes of at least 4 members (excludes halogenated alkanes) is 1. The van der Waals surface area contributed by atoms with E-state index in [1.807, 2.05) is 6.08 Å². The van der Waals surface area contributed by atoms with Gasteiger partial charge in [0.15, 0.2) is 0 Å². The van der Waals surface area contributed by atoms with Crippen molar-refractivity contribution in [1.29, 1.82) is 0 Å². The molecule has 0 aliphatic carbocycles. The van der Waals surface area contributed by atoms with Crippen molar-refractivity contribution in [3.05, 3.63) is 12.7 Å². The summed E-state index contributed by atoms with van der Waals surface area (Å²) in [4.78, 5) is 0. The molecule has 3 heteroatoms. The van der Waals surface area contributed by atoms with Gasteiger partial charge >= 0.3 is 0 Å². The Morgan fingerprint density at radius 3 is 2.80 bits per heavy atom. The molecule has 0 spiro atoms. The van der Waals surface area contributed by atoms with Crippen molar-refractivity contribution in [2.24, 2.45) is 0 Å². The third-order valence-corrected chi connectivity index (χ3v) is 3.39. The molecule has 0 radical (unpaired) electrons. The van der Waals surface area contributed by atoms with Crippen LogP contribution in [0.2, 0.25) is 0 Å². The minimum absolute atomic E-state index is 0.994. The summed E-state index contributed by atoms with van der Waals surface area (Å²) in [5, 5.41) is 0. The van der Waals surface area contributed by atoms with Crippen LogP contribution in [0.15, 0.2) is 12.7 Å². The molecular formula is C7H14INS. The maximum absolute atomic E-state index is 3.70. The van der Waals surface area contributed by atoms with Crippen molar-refractivity contribution >= 4 is 30.3 Å². The van der Waals surface area contributed by atoms with Crippen LogP contribution in [-0.4, -0.2) is 17.4 Å². The van der Waals surface area contributed by atoms with Crippen LogP contribution in [0, 0.1) is 0 Å². The minimum Gasteiger partial charge on any atom is -0.238 e. The summed E-state index contributed by atoms with van der Waals surface area (Å²) < 4.78 is 2.30. The van der Waals surface area contributed by atoms with Gasteiger partial charge in [-0.3, -0.25) is 0 Å². The molecule has 0 aliphatic heterocycles. The van der Waals surface area contributed by atoms with Crippen molar-refractivity contribution < 1.29 is 0 Å². The van der Waals surface area contributed by atoms with Crippen molar-refractivity contribution in [3.8, 4) is 0 Å². The molecular weight excluding hydrogens is 257 g/mol. The maximum atomic E-state index is 3.70. The molecule has 0 aliphatic rings. The van der Waals surface area contributed by atoms with E-state index in [1.54, 1.807) is 9.12 Å². The molecule has 60 valence electrons. The fourth-order valence-corrected chi connectivity index (χ4v) is 2.07. The molecule has 0 aromatic carbocycles. The lowest BCUT2D eigenvalue weighted by molar-refractivity contribution is 0.504. The molecule has 1 nitrogen and oxygen atoms in total. The quantitative estimate of drug-likeness (QED) is 0.414. The lowest BCUT2D eigenvalue weighted by Gasteiger charge is -2.14. The summed E-state index contributed by atoms with van der Waals surface area (Å²) in [6.45, 7) is 8.08. The van der Waals surface area contributed by atoms with Gasteiger partial charge in [-0.1, -0.05) is 19.4 Å². The van der Waals surface area contributed by atoms with E-state index in [9.17, 15) is 0 Å². The molecule has 10 heavy (non-hydrogen) atoms. The van der Waals surface area contributed by atoms with Gasteiger partial charge in [-0.15, -0.1) is 6.58 Å². The Bertz CT molecular complexity index is 87.7. The zero-order valence-corrected chi connectivity index (χ0v) is 9.32. The first-order valence-corrected chi connectivity index (χ1v) is 6.81. The van der Waals surface area contributed by atoms with E-state index in [1.165, 1.54) is 19.4 Å². The zero-order chi connectivity index (χ0) is 7.82. The summed E-state index contributed by atoms with van der Waals surface area (Å²) in [7, 11) is 1.77. The van der Waals surface area contributed by atoms with Gasteiger partial charge in [-0.2, -0.15) is 0 Å². The highest BCUT2D eigenvalue weighted by atomic mass is 127. The van der Waals surface area contributed by atoms with Crippen LogP contribution in [0.1, 0.15) is 19.8 Å². The Morgan fingerprint density at radius 2 is 2.40 bits per heavy atom. The summed E-state index contributed by atoms with van der Waals surface area (Å²) in [5.74, 6) is 0. The predicted molar refractivity (Wildman–Crippen MR) is 58.3 cm³/mol. The number of hydrogen-bond acceptors (Lipinski definition) is 2. The average Bonchev–Trinajstić information content (AvgIpc) is 1.98. The fourth-order valence-electron chi connectivity index (χ4n) is 0.632. The van der Waals surface area contributed by atoms with E-state index >= 15 is 0 Å². The second-order valence-electron chi connectivity index (χ2n) is 2.10. The summed E-state index contributed by atoms with van der Waals surface area (Å²) in [6, 6.07) is 0. The van der Waals surface area contributed by atoms with Crippen LogP contribution in [0.4, 0.5) is 0 Å². The topological polar surface area (TPSA) is 3.24 Å². The average molecular weight is 271 g/mol. The number of hydrogen-bond donors (Lipinski definition) is 0. The van der Waals surface area contributed by atoms with Gasteiger partial charge in [0.25, 0.3) is 0 Å². The molecule has 0 saturated carbocycles. The SMILES string of the molecule is C=CCN(CCCC)SI. The standard InChI is InChI=1S/C7H14INS/c1-3-5-7-9(10-8)6-4-2/h4H,2-3,5-7H2,1H3. The third kappa shape index (κ3) is 5.56. The fraction of sp³-hybridized carbons (Fsp3) is 0.714. The molecule has 0 rings (SSSR count). The van der Waals surface area contributed by atoms with E-state index in [-0.39, 0.29) is 0 Å². The van der Waals surface area contributed by atoms with Gasteiger partial charge < -0.3 is 0 Å². The molecule has 0 unspecified atom stereocenters. The number of rotatable bonds is 6. The Balaban J connectivity index is 3.29. The highest BCUT2D eigenvalue weighted by Gasteiger charge is 1.98. The van der Waals surface area contributed by atoms with Crippen molar-refractivity contribution in [2.45, 2.75) is 19.8 Å². The van der Waals surface area contributed by atoms with E-state index < -0.39 is 0 Å². The van der Waals surface area contributed by atoms with Crippen LogP contribution in [0.25, 0.3) is 0 Å². The number of nitrogens with zero attached hydrogens (tertiary/aromatic N) is 1. The summed E-state index contributed by atoms with van der Waals surface area (Å²) in [5.41, 5.74) is 0. The number of halogens is 1. The van der Waals surface area contributed by atoms with Gasteiger partial charge in [-0.05, 0) is 15.5 Å².